The molecule has 0 aliphatic carbocycles. The van der Waals surface area contributed by atoms with Gasteiger partial charge in [-0.25, -0.2) is 4.98 Å². The van der Waals surface area contributed by atoms with E-state index in [2.05, 4.69) is 88.9 Å². The van der Waals surface area contributed by atoms with Crippen LogP contribution in [0.5, 0.6) is 0 Å². The van der Waals surface area contributed by atoms with Gasteiger partial charge in [0.05, 0.1) is 11.2 Å². The average molecular weight is 339 g/mol. The van der Waals surface area contributed by atoms with Gasteiger partial charge in [-0.3, -0.25) is 0 Å². The summed E-state index contributed by atoms with van der Waals surface area (Å²) in [6, 6.07) is 21.7. The molecule has 2 aromatic carbocycles. The Hall–Kier alpha value is -3.07. The number of pyridine rings is 1. The molecule has 0 bridgehead atoms. The largest absolute Gasteiger partial charge is 0.337 e. The highest BCUT2D eigenvalue weighted by molar-refractivity contribution is 6.12. The number of imidazole rings is 1. The van der Waals surface area contributed by atoms with Gasteiger partial charge in [0.2, 0.25) is 0 Å². The fraction of sp³-hybridized carbons (Fsp3) is 0.174. The Morgan fingerprint density at radius 3 is 2.58 bits per heavy atom. The van der Waals surface area contributed by atoms with Gasteiger partial charge >= 0.3 is 0 Å². The molecule has 3 aromatic heterocycles. The van der Waals surface area contributed by atoms with Crippen LogP contribution < -0.4 is 0 Å². The number of aromatic nitrogens is 3. The first-order valence-corrected chi connectivity index (χ1v) is 9.20. The highest BCUT2D eigenvalue weighted by Gasteiger charge is 2.14. The normalized spacial score (nSPS) is 11.7. The topological polar surface area (TPSA) is 22.2 Å². The van der Waals surface area contributed by atoms with Crippen molar-refractivity contribution in [3.63, 3.8) is 0 Å². The van der Waals surface area contributed by atoms with Crippen molar-refractivity contribution < 1.29 is 0 Å². The zero-order valence-electron chi connectivity index (χ0n) is 14.9. The number of fused-ring (bicyclic) bond motifs is 5. The summed E-state index contributed by atoms with van der Waals surface area (Å²) in [6.07, 6.45) is 6.42. The second kappa shape index (κ2) is 6.03. The second-order valence-corrected chi connectivity index (χ2v) is 6.95. The van der Waals surface area contributed by atoms with Gasteiger partial charge in [0.1, 0.15) is 0 Å². The molecule has 3 heterocycles. The maximum absolute atomic E-state index is 4.81. The minimum atomic E-state index is 0.991. The summed E-state index contributed by atoms with van der Waals surface area (Å²) < 4.78 is 4.60. The Labute approximate surface area is 152 Å². The Balaban J connectivity index is 1.64. The summed E-state index contributed by atoms with van der Waals surface area (Å²) in [5.74, 6) is 0. The van der Waals surface area contributed by atoms with E-state index in [0.717, 1.165) is 30.7 Å². The van der Waals surface area contributed by atoms with Crippen LogP contribution in [0.4, 0.5) is 0 Å². The summed E-state index contributed by atoms with van der Waals surface area (Å²) in [6.45, 7) is 3.05. The van der Waals surface area contributed by atoms with Gasteiger partial charge in [0.25, 0.3) is 0 Å². The van der Waals surface area contributed by atoms with Crippen LogP contribution >= 0.6 is 0 Å². The number of hydrogen-bond donors (Lipinski definition) is 0. The third kappa shape index (κ3) is 2.39. The van der Waals surface area contributed by atoms with Crippen LogP contribution in [0.3, 0.4) is 0 Å². The van der Waals surface area contributed by atoms with Crippen molar-refractivity contribution in [3.8, 4) is 0 Å². The van der Waals surface area contributed by atoms with Crippen LogP contribution in [0.15, 0.2) is 73.1 Å². The van der Waals surface area contributed by atoms with Gasteiger partial charge in [0, 0.05) is 35.2 Å². The lowest BCUT2D eigenvalue weighted by Gasteiger charge is -2.08. The van der Waals surface area contributed by atoms with E-state index in [4.69, 9.17) is 4.98 Å². The van der Waals surface area contributed by atoms with E-state index in [1.54, 1.807) is 0 Å². The lowest BCUT2D eigenvalue weighted by Crippen LogP contribution is -2.01. The lowest BCUT2D eigenvalue weighted by atomic mass is 10.1. The van der Waals surface area contributed by atoms with Crippen LogP contribution in [-0.2, 0) is 13.0 Å². The zero-order valence-corrected chi connectivity index (χ0v) is 14.9. The van der Waals surface area contributed by atoms with E-state index in [0.29, 0.717) is 0 Å². The first-order chi connectivity index (χ1) is 12.8. The van der Waals surface area contributed by atoms with Gasteiger partial charge < -0.3 is 8.97 Å². The van der Waals surface area contributed by atoms with Gasteiger partial charge in [-0.15, -0.1) is 0 Å². The molecule has 0 N–H and O–H groups in total. The molecule has 0 fully saturated rings. The number of nitrogens with zero attached hydrogens (tertiary/aromatic N) is 3. The molecule has 0 amide bonds. The minimum Gasteiger partial charge on any atom is -0.337 e. The monoisotopic (exact) mass is 339 g/mol. The molecule has 0 aliphatic rings. The molecular formula is C23H21N3. The highest BCUT2D eigenvalue weighted by atomic mass is 15.1. The van der Waals surface area contributed by atoms with E-state index in [1.165, 1.54) is 27.4 Å². The first kappa shape index (κ1) is 15.2. The quantitative estimate of drug-likeness (QED) is 0.431. The van der Waals surface area contributed by atoms with Crippen molar-refractivity contribution >= 4 is 27.5 Å². The fourth-order valence-corrected chi connectivity index (χ4v) is 4.02. The SMILES string of the molecule is Cc1cn2ccc3c4ccccc4n(CCCc4ccccc4)c3c2n1. The number of para-hydroxylation sites is 1. The van der Waals surface area contributed by atoms with Crippen molar-refractivity contribution in [2.45, 2.75) is 26.3 Å². The maximum atomic E-state index is 4.81. The molecule has 0 radical (unpaired) electrons. The highest BCUT2D eigenvalue weighted by Crippen LogP contribution is 2.31. The zero-order chi connectivity index (χ0) is 17.5. The lowest BCUT2D eigenvalue weighted by molar-refractivity contribution is 0.678. The minimum absolute atomic E-state index is 0.991. The molecule has 3 heteroatoms. The molecule has 0 atom stereocenters. The van der Waals surface area contributed by atoms with Crippen LogP contribution in [0.2, 0.25) is 0 Å². The fourth-order valence-electron chi connectivity index (χ4n) is 4.02. The molecule has 26 heavy (non-hydrogen) atoms. The van der Waals surface area contributed by atoms with E-state index < -0.39 is 0 Å². The summed E-state index contributed by atoms with van der Waals surface area (Å²) in [4.78, 5) is 4.81. The average Bonchev–Trinajstić information content (AvgIpc) is 3.20. The second-order valence-electron chi connectivity index (χ2n) is 6.95. The molecule has 3 nitrogen and oxygen atoms in total. The Kier molecular flexibility index (Phi) is 3.52. The molecule has 0 saturated carbocycles. The third-order valence-corrected chi connectivity index (χ3v) is 5.17. The van der Waals surface area contributed by atoms with Gasteiger partial charge in [-0.05, 0) is 37.5 Å². The summed E-state index contributed by atoms with van der Waals surface area (Å²) >= 11 is 0. The summed E-state index contributed by atoms with van der Waals surface area (Å²) in [5.41, 5.74) is 6.05. The van der Waals surface area contributed by atoms with Crippen molar-refractivity contribution in [3.05, 3.63) is 84.3 Å². The molecule has 128 valence electrons. The van der Waals surface area contributed by atoms with E-state index in [1.807, 2.05) is 0 Å². The standard InChI is InChI=1S/C23H21N3/c1-17-16-25-15-13-20-19-11-5-6-12-21(19)26(22(20)23(25)24-17)14-7-10-18-8-3-2-4-9-18/h2-6,8-9,11-13,15-16H,7,10,14H2,1H3. The predicted molar refractivity (Wildman–Crippen MR) is 108 cm³/mol. The van der Waals surface area contributed by atoms with Crippen LogP contribution in [0.1, 0.15) is 17.7 Å². The Bertz CT molecular complexity index is 1210. The molecular weight excluding hydrogens is 318 g/mol. The van der Waals surface area contributed by atoms with Crippen LogP contribution in [0.25, 0.3) is 27.5 Å². The van der Waals surface area contributed by atoms with E-state index >= 15 is 0 Å². The number of benzene rings is 2. The first-order valence-electron chi connectivity index (χ1n) is 9.20. The molecule has 0 saturated heterocycles. The third-order valence-electron chi connectivity index (χ3n) is 5.17. The summed E-state index contributed by atoms with van der Waals surface area (Å²) in [5, 5.41) is 2.60. The molecule has 5 rings (SSSR count). The predicted octanol–water partition coefficient (Wildman–Crippen LogP) is 5.38. The Morgan fingerprint density at radius 2 is 1.69 bits per heavy atom. The Morgan fingerprint density at radius 1 is 0.885 bits per heavy atom. The van der Waals surface area contributed by atoms with Gasteiger partial charge in [-0.1, -0.05) is 48.5 Å². The molecule has 0 aliphatic heterocycles. The van der Waals surface area contributed by atoms with Crippen molar-refractivity contribution in [1.82, 2.24) is 14.0 Å². The maximum Gasteiger partial charge on any atom is 0.161 e. The van der Waals surface area contributed by atoms with E-state index in [-0.39, 0.29) is 0 Å². The molecule has 0 spiro atoms. The smallest absolute Gasteiger partial charge is 0.161 e. The van der Waals surface area contributed by atoms with Gasteiger partial charge in [-0.2, -0.15) is 0 Å². The number of rotatable bonds is 4. The van der Waals surface area contributed by atoms with Crippen LogP contribution in [0, 0.1) is 6.92 Å². The van der Waals surface area contributed by atoms with Crippen molar-refractivity contribution in [2.24, 2.45) is 0 Å². The number of hydrogen-bond acceptors (Lipinski definition) is 1. The van der Waals surface area contributed by atoms with Crippen molar-refractivity contribution in [1.29, 1.82) is 0 Å². The number of aryl methyl sites for hydroxylation is 3. The van der Waals surface area contributed by atoms with Gasteiger partial charge in [0.15, 0.2) is 5.65 Å². The summed E-state index contributed by atoms with van der Waals surface area (Å²) in [7, 11) is 0. The van der Waals surface area contributed by atoms with Crippen LogP contribution in [-0.4, -0.2) is 14.0 Å². The molecule has 0 unspecified atom stereocenters. The van der Waals surface area contributed by atoms with E-state index in [9.17, 15) is 0 Å². The van der Waals surface area contributed by atoms with Crippen molar-refractivity contribution in [2.75, 3.05) is 0 Å². The molecule has 5 aromatic rings.